The topological polar surface area (TPSA) is 64.3 Å². The van der Waals surface area contributed by atoms with Gasteiger partial charge in [0.1, 0.15) is 0 Å². The minimum Gasteiger partial charge on any atom is -0.477 e. The van der Waals surface area contributed by atoms with E-state index in [4.69, 9.17) is 9.15 Å². The van der Waals surface area contributed by atoms with Crippen molar-refractivity contribution in [2.45, 2.75) is 32.9 Å². The van der Waals surface area contributed by atoms with Gasteiger partial charge in [0.25, 0.3) is 0 Å². The summed E-state index contributed by atoms with van der Waals surface area (Å²) >= 11 is 0. The Labute approximate surface area is 152 Å². The summed E-state index contributed by atoms with van der Waals surface area (Å²) in [7, 11) is 0. The van der Waals surface area contributed by atoms with Crippen LogP contribution in [0, 0.1) is 0 Å². The molecule has 134 valence electrons. The minimum absolute atomic E-state index is 0.657. The normalized spacial score (nSPS) is 14.2. The number of rotatable bonds is 6. The van der Waals surface area contributed by atoms with E-state index in [-0.39, 0.29) is 0 Å². The molecule has 0 N–H and O–H groups in total. The lowest BCUT2D eigenvalue weighted by molar-refractivity contribution is 0.233. The monoisotopic (exact) mass is 350 g/mol. The second kappa shape index (κ2) is 7.66. The van der Waals surface area contributed by atoms with E-state index >= 15 is 0 Å². The summed E-state index contributed by atoms with van der Waals surface area (Å²) in [5.74, 6) is 2.11. The molecule has 0 radical (unpaired) electrons. The van der Waals surface area contributed by atoms with Gasteiger partial charge in [-0.05, 0) is 24.6 Å². The fraction of sp³-hybridized carbons (Fsp3) is 0.350. The van der Waals surface area contributed by atoms with Crippen LogP contribution in [0.5, 0.6) is 5.88 Å². The standard InChI is InChI=1S/C20H22N4O2/c1-2-10-26-20-15(5-3-8-21-20)13-24-9-7-17-16(14-24)12-22-19(23-17)18-6-4-11-25-18/h3-6,8,11-12H,2,7,9-10,13-14H2,1H3. The van der Waals surface area contributed by atoms with Crippen LogP contribution in [0.4, 0.5) is 0 Å². The third-order valence-electron chi connectivity index (χ3n) is 4.44. The first-order chi connectivity index (χ1) is 12.8. The molecule has 0 aromatic carbocycles. The Morgan fingerprint density at radius 1 is 1.23 bits per heavy atom. The quantitative estimate of drug-likeness (QED) is 0.678. The van der Waals surface area contributed by atoms with Crippen molar-refractivity contribution in [2.75, 3.05) is 13.2 Å². The molecule has 6 heteroatoms. The lowest BCUT2D eigenvalue weighted by Gasteiger charge is -2.28. The van der Waals surface area contributed by atoms with E-state index in [0.717, 1.165) is 49.6 Å². The average molecular weight is 350 g/mol. The van der Waals surface area contributed by atoms with Gasteiger partial charge in [0.05, 0.1) is 18.6 Å². The number of fused-ring (bicyclic) bond motifs is 1. The summed E-state index contributed by atoms with van der Waals surface area (Å²) in [5, 5.41) is 0. The van der Waals surface area contributed by atoms with Crippen LogP contribution in [0.15, 0.2) is 47.3 Å². The van der Waals surface area contributed by atoms with Crippen molar-refractivity contribution in [2.24, 2.45) is 0 Å². The second-order valence-electron chi connectivity index (χ2n) is 6.42. The fourth-order valence-corrected chi connectivity index (χ4v) is 3.15. The minimum atomic E-state index is 0.657. The largest absolute Gasteiger partial charge is 0.477 e. The van der Waals surface area contributed by atoms with E-state index in [9.17, 15) is 0 Å². The van der Waals surface area contributed by atoms with Gasteiger partial charge in [0.2, 0.25) is 5.88 Å². The van der Waals surface area contributed by atoms with E-state index in [1.807, 2.05) is 24.4 Å². The summed E-state index contributed by atoms with van der Waals surface area (Å²) in [6.45, 7) is 5.38. The Morgan fingerprint density at radius 3 is 3.04 bits per heavy atom. The lowest BCUT2D eigenvalue weighted by atomic mass is 10.1. The van der Waals surface area contributed by atoms with E-state index < -0.39 is 0 Å². The smallest absolute Gasteiger partial charge is 0.217 e. The zero-order valence-electron chi connectivity index (χ0n) is 14.9. The first kappa shape index (κ1) is 16.7. The maximum Gasteiger partial charge on any atom is 0.217 e. The number of hydrogen-bond donors (Lipinski definition) is 0. The fourth-order valence-electron chi connectivity index (χ4n) is 3.15. The number of hydrogen-bond acceptors (Lipinski definition) is 6. The van der Waals surface area contributed by atoms with E-state index in [2.05, 4.69) is 32.8 Å². The van der Waals surface area contributed by atoms with Crippen molar-refractivity contribution in [3.63, 3.8) is 0 Å². The van der Waals surface area contributed by atoms with Crippen LogP contribution in [0.25, 0.3) is 11.6 Å². The molecule has 1 aliphatic heterocycles. The zero-order valence-corrected chi connectivity index (χ0v) is 14.9. The van der Waals surface area contributed by atoms with Gasteiger partial charge in [-0.25, -0.2) is 15.0 Å². The highest BCUT2D eigenvalue weighted by molar-refractivity contribution is 5.47. The molecule has 0 spiro atoms. The lowest BCUT2D eigenvalue weighted by Crippen LogP contribution is -2.31. The Balaban J connectivity index is 1.48. The Kier molecular flexibility index (Phi) is 4.93. The van der Waals surface area contributed by atoms with Crippen molar-refractivity contribution in [1.82, 2.24) is 19.9 Å². The molecule has 1 aliphatic rings. The van der Waals surface area contributed by atoms with Gasteiger partial charge in [-0.15, -0.1) is 0 Å². The molecule has 4 heterocycles. The maximum atomic E-state index is 5.78. The number of nitrogens with zero attached hydrogens (tertiary/aromatic N) is 4. The number of aromatic nitrogens is 3. The van der Waals surface area contributed by atoms with Gasteiger partial charge >= 0.3 is 0 Å². The maximum absolute atomic E-state index is 5.78. The number of furan rings is 1. The summed E-state index contributed by atoms with van der Waals surface area (Å²) in [6.07, 6.45) is 7.22. The summed E-state index contributed by atoms with van der Waals surface area (Å²) in [6, 6.07) is 7.79. The van der Waals surface area contributed by atoms with Crippen LogP contribution < -0.4 is 4.74 Å². The molecular weight excluding hydrogens is 328 g/mol. The van der Waals surface area contributed by atoms with Crippen LogP contribution in [0.3, 0.4) is 0 Å². The third-order valence-corrected chi connectivity index (χ3v) is 4.44. The third kappa shape index (κ3) is 3.60. The van der Waals surface area contributed by atoms with Crippen LogP contribution in [-0.4, -0.2) is 33.0 Å². The number of ether oxygens (including phenoxy) is 1. The van der Waals surface area contributed by atoms with Crippen LogP contribution in [0.1, 0.15) is 30.2 Å². The molecule has 0 saturated carbocycles. The van der Waals surface area contributed by atoms with Crippen molar-refractivity contribution in [3.05, 3.63) is 59.7 Å². The first-order valence-electron chi connectivity index (χ1n) is 9.01. The molecule has 26 heavy (non-hydrogen) atoms. The molecular formula is C20H22N4O2. The first-order valence-corrected chi connectivity index (χ1v) is 9.01. The molecule has 0 unspecified atom stereocenters. The summed E-state index contributed by atoms with van der Waals surface area (Å²) < 4.78 is 11.2. The van der Waals surface area contributed by atoms with Gasteiger partial charge in [0.15, 0.2) is 11.6 Å². The van der Waals surface area contributed by atoms with Gasteiger partial charge in [-0.2, -0.15) is 0 Å². The van der Waals surface area contributed by atoms with Crippen LogP contribution >= 0.6 is 0 Å². The van der Waals surface area contributed by atoms with E-state index in [1.165, 1.54) is 5.56 Å². The van der Waals surface area contributed by atoms with E-state index in [1.54, 1.807) is 12.5 Å². The highest BCUT2D eigenvalue weighted by Crippen LogP contribution is 2.24. The summed E-state index contributed by atoms with van der Waals surface area (Å²) in [4.78, 5) is 15.9. The molecule has 0 atom stereocenters. The predicted molar refractivity (Wildman–Crippen MR) is 97.6 cm³/mol. The Bertz CT molecular complexity index is 864. The summed E-state index contributed by atoms with van der Waals surface area (Å²) in [5.41, 5.74) is 3.40. The molecule has 6 nitrogen and oxygen atoms in total. The van der Waals surface area contributed by atoms with Crippen molar-refractivity contribution in [1.29, 1.82) is 0 Å². The zero-order chi connectivity index (χ0) is 17.8. The van der Waals surface area contributed by atoms with Crippen LogP contribution in [-0.2, 0) is 19.5 Å². The molecule has 3 aromatic rings. The SMILES string of the molecule is CCCOc1ncccc1CN1CCc2nc(-c3ccco3)ncc2C1. The average Bonchev–Trinajstić information content (AvgIpc) is 3.22. The van der Waals surface area contributed by atoms with Gasteiger partial charge in [0, 0.05) is 49.6 Å². The molecule has 0 bridgehead atoms. The molecule has 0 amide bonds. The highest BCUT2D eigenvalue weighted by Gasteiger charge is 2.20. The van der Waals surface area contributed by atoms with Crippen molar-refractivity contribution >= 4 is 0 Å². The Morgan fingerprint density at radius 2 is 2.19 bits per heavy atom. The van der Waals surface area contributed by atoms with Gasteiger partial charge in [-0.1, -0.05) is 13.0 Å². The van der Waals surface area contributed by atoms with E-state index in [0.29, 0.717) is 18.2 Å². The Hall–Kier alpha value is -2.73. The molecule has 4 rings (SSSR count). The molecule has 0 aliphatic carbocycles. The molecule has 0 saturated heterocycles. The molecule has 0 fully saturated rings. The second-order valence-corrected chi connectivity index (χ2v) is 6.42. The van der Waals surface area contributed by atoms with Gasteiger partial charge < -0.3 is 9.15 Å². The van der Waals surface area contributed by atoms with Crippen LogP contribution in [0.2, 0.25) is 0 Å². The highest BCUT2D eigenvalue weighted by atomic mass is 16.5. The molecule has 3 aromatic heterocycles. The van der Waals surface area contributed by atoms with Gasteiger partial charge in [-0.3, -0.25) is 4.90 Å². The predicted octanol–water partition coefficient (Wildman–Crippen LogP) is 3.48. The number of pyridine rings is 1. The van der Waals surface area contributed by atoms with Crippen molar-refractivity contribution < 1.29 is 9.15 Å². The van der Waals surface area contributed by atoms with Crippen molar-refractivity contribution in [3.8, 4) is 17.5 Å².